The first-order chi connectivity index (χ1) is 7.63. The highest BCUT2D eigenvalue weighted by molar-refractivity contribution is 7.84. The molecule has 3 heteroatoms. The van der Waals surface area contributed by atoms with Gasteiger partial charge < -0.3 is 0 Å². The van der Waals surface area contributed by atoms with E-state index in [1.165, 1.54) is 0 Å². The Hall–Kier alpha value is -0.960. The number of carbonyl (C=O) groups is 1. The van der Waals surface area contributed by atoms with Gasteiger partial charge in [0.2, 0.25) is 0 Å². The number of aryl methyl sites for hydroxylation is 1. The molecule has 0 aliphatic rings. The highest BCUT2D eigenvalue weighted by Crippen LogP contribution is 2.10. The summed E-state index contributed by atoms with van der Waals surface area (Å²) in [5.74, 6) is 0.791. The van der Waals surface area contributed by atoms with E-state index in [0.717, 1.165) is 17.5 Å². The van der Waals surface area contributed by atoms with E-state index < -0.39 is 10.8 Å². The van der Waals surface area contributed by atoms with Crippen molar-refractivity contribution in [2.45, 2.75) is 32.4 Å². The van der Waals surface area contributed by atoms with Gasteiger partial charge in [0.05, 0.1) is 5.75 Å². The predicted molar refractivity (Wildman–Crippen MR) is 67.8 cm³/mol. The molecular weight excluding hydrogens is 220 g/mol. The molecule has 1 aromatic rings. The third-order valence-corrected chi connectivity index (χ3v) is 3.71. The van der Waals surface area contributed by atoms with Crippen LogP contribution < -0.4 is 0 Å². The zero-order chi connectivity index (χ0) is 12.0. The van der Waals surface area contributed by atoms with Gasteiger partial charge in [-0.1, -0.05) is 31.2 Å². The van der Waals surface area contributed by atoms with E-state index in [-0.39, 0.29) is 11.5 Å². The number of Topliss-reactive ketones (excluding diaryl/α,β-unsaturated/α-hetero) is 1. The quantitative estimate of drug-likeness (QED) is 0.763. The first kappa shape index (κ1) is 13.1. The molecule has 0 amide bonds. The number of hydrogen-bond acceptors (Lipinski definition) is 2. The maximum Gasteiger partial charge on any atom is 0.145 e. The van der Waals surface area contributed by atoms with Gasteiger partial charge in [-0.3, -0.25) is 9.00 Å². The standard InChI is InChI=1S/C13H18O2S/c1-3-6-13(14)10-16(15)9-12-8-5-4-7-11(12)2/h4-5,7-8H,3,6,9-10H2,1-2H3. The van der Waals surface area contributed by atoms with Crippen molar-refractivity contribution in [3.63, 3.8) is 0 Å². The number of benzene rings is 1. The molecule has 1 rings (SSSR count). The third-order valence-electron chi connectivity index (χ3n) is 2.43. The molecule has 0 N–H and O–H groups in total. The van der Waals surface area contributed by atoms with E-state index in [1.54, 1.807) is 0 Å². The van der Waals surface area contributed by atoms with Crippen molar-refractivity contribution in [1.82, 2.24) is 0 Å². The second-order valence-corrected chi connectivity index (χ2v) is 5.40. The molecule has 2 nitrogen and oxygen atoms in total. The van der Waals surface area contributed by atoms with Gasteiger partial charge >= 0.3 is 0 Å². The van der Waals surface area contributed by atoms with Crippen LogP contribution in [-0.2, 0) is 21.3 Å². The summed E-state index contributed by atoms with van der Waals surface area (Å²) in [7, 11) is -1.06. The van der Waals surface area contributed by atoms with Crippen molar-refractivity contribution in [2.75, 3.05) is 5.75 Å². The van der Waals surface area contributed by atoms with Gasteiger partial charge in [-0.15, -0.1) is 0 Å². The summed E-state index contributed by atoms with van der Waals surface area (Å²) in [4.78, 5) is 11.3. The summed E-state index contributed by atoms with van der Waals surface area (Å²) in [5.41, 5.74) is 2.21. The molecule has 0 heterocycles. The van der Waals surface area contributed by atoms with Crippen molar-refractivity contribution >= 4 is 16.6 Å². The molecule has 0 aromatic heterocycles. The van der Waals surface area contributed by atoms with Gasteiger partial charge in [-0.25, -0.2) is 0 Å². The number of hydrogen-bond donors (Lipinski definition) is 0. The fourth-order valence-corrected chi connectivity index (χ4v) is 2.80. The summed E-state index contributed by atoms with van der Waals surface area (Å²) >= 11 is 0. The fourth-order valence-electron chi connectivity index (χ4n) is 1.53. The Bertz CT molecular complexity index is 385. The van der Waals surface area contributed by atoms with Crippen LogP contribution in [0.15, 0.2) is 24.3 Å². The molecule has 0 saturated heterocycles. The minimum Gasteiger partial charge on any atom is -0.299 e. The van der Waals surface area contributed by atoms with Crippen LogP contribution in [-0.4, -0.2) is 15.7 Å². The summed E-state index contributed by atoms with van der Waals surface area (Å²) in [6.45, 7) is 3.96. The molecule has 1 atom stereocenters. The Morgan fingerprint density at radius 1 is 1.31 bits per heavy atom. The summed E-state index contributed by atoms with van der Waals surface area (Å²) in [6, 6.07) is 7.87. The van der Waals surface area contributed by atoms with Crippen LogP contribution in [0, 0.1) is 6.92 Å². The van der Waals surface area contributed by atoms with Crippen molar-refractivity contribution in [1.29, 1.82) is 0 Å². The molecule has 0 aliphatic heterocycles. The molecule has 0 bridgehead atoms. The minimum atomic E-state index is -1.06. The van der Waals surface area contributed by atoms with E-state index in [4.69, 9.17) is 0 Å². The Morgan fingerprint density at radius 3 is 2.62 bits per heavy atom. The average Bonchev–Trinajstić information content (AvgIpc) is 2.21. The lowest BCUT2D eigenvalue weighted by Crippen LogP contribution is -2.11. The van der Waals surface area contributed by atoms with Crippen LogP contribution in [0.25, 0.3) is 0 Å². The van der Waals surface area contributed by atoms with Gasteiger partial charge in [0.25, 0.3) is 0 Å². The molecule has 1 aromatic carbocycles. The predicted octanol–water partition coefficient (Wildman–Crippen LogP) is 2.61. The topological polar surface area (TPSA) is 34.1 Å². The Kier molecular flexibility index (Phi) is 5.39. The monoisotopic (exact) mass is 238 g/mol. The molecular formula is C13H18O2S. The number of carbonyl (C=O) groups excluding carboxylic acids is 1. The number of ketones is 1. The Labute approximate surface area is 99.5 Å². The molecule has 88 valence electrons. The fraction of sp³-hybridized carbons (Fsp3) is 0.462. The third kappa shape index (κ3) is 4.27. The van der Waals surface area contributed by atoms with Crippen LogP contribution in [0.3, 0.4) is 0 Å². The highest BCUT2D eigenvalue weighted by Gasteiger charge is 2.08. The first-order valence-electron chi connectivity index (χ1n) is 5.54. The van der Waals surface area contributed by atoms with Gasteiger partial charge in [-0.2, -0.15) is 0 Å². The van der Waals surface area contributed by atoms with Crippen LogP contribution in [0.5, 0.6) is 0 Å². The van der Waals surface area contributed by atoms with Crippen molar-refractivity contribution in [3.05, 3.63) is 35.4 Å². The molecule has 1 unspecified atom stereocenters. The molecule has 0 radical (unpaired) electrons. The van der Waals surface area contributed by atoms with Gasteiger partial charge in [0.1, 0.15) is 5.78 Å². The van der Waals surface area contributed by atoms with Crippen LogP contribution >= 0.6 is 0 Å². The average molecular weight is 238 g/mol. The lowest BCUT2D eigenvalue weighted by molar-refractivity contribution is -0.116. The molecule has 0 fully saturated rings. The second kappa shape index (κ2) is 6.59. The number of rotatable bonds is 6. The first-order valence-corrected chi connectivity index (χ1v) is 7.03. The maximum absolute atomic E-state index is 11.7. The SMILES string of the molecule is CCCC(=O)CS(=O)Cc1ccccc1C. The van der Waals surface area contributed by atoms with E-state index in [9.17, 15) is 9.00 Å². The Balaban J connectivity index is 2.52. The van der Waals surface area contributed by atoms with Crippen LogP contribution in [0.4, 0.5) is 0 Å². The van der Waals surface area contributed by atoms with Gasteiger partial charge in [0, 0.05) is 23.0 Å². The molecule has 0 spiro atoms. The zero-order valence-corrected chi connectivity index (χ0v) is 10.7. The molecule has 0 saturated carbocycles. The summed E-state index contributed by atoms with van der Waals surface area (Å²) in [6.07, 6.45) is 1.37. The van der Waals surface area contributed by atoms with Crippen LogP contribution in [0.2, 0.25) is 0 Å². The minimum absolute atomic E-state index is 0.106. The van der Waals surface area contributed by atoms with Crippen molar-refractivity contribution < 1.29 is 9.00 Å². The van der Waals surface area contributed by atoms with E-state index in [2.05, 4.69) is 0 Å². The van der Waals surface area contributed by atoms with Crippen LogP contribution in [0.1, 0.15) is 30.9 Å². The maximum atomic E-state index is 11.7. The molecule has 0 aliphatic carbocycles. The van der Waals surface area contributed by atoms with Gasteiger partial charge in [-0.05, 0) is 24.5 Å². The molecule has 16 heavy (non-hydrogen) atoms. The summed E-state index contributed by atoms with van der Waals surface area (Å²) in [5, 5.41) is 0. The van der Waals surface area contributed by atoms with E-state index in [1.807, 2.05) is 38.1 Å². The zero-order valence-electron chi connectivity index (χ0n) is 9.86. The summed E-state index contributed by atoms with van der Waals surface area (Å²) < 4.78 is 11.7. The second-order valence-electron chi connectivity index (χ2n) is 3.94. The van der Waals surface area contributed by atoms with Crippen molar-refractivity contribution in [2.24, 2.45) is 0 Å². The normalized spacial score (nSPS) is 12.4. The lowest BCUT2D eigenvalue weighted by Gasteiger charge is -2.04. The Morgan fingerprint density at radius 2 is 2.00 bits per heavy atom. The van der Waals surface area contributed by atoms with E-state index in [0.29, 0.717) is 12.2 Å². The smallest absolute Gasteiger partial charge is 0.145 e. The van der Waals surface area contributed by atoms with E-state index >= 15 is 0 Å². The van der Waals surface area contributed by atoms with Crippen molar-refractivity contribution in [3.8, 4) is 0 Å². The lowest BCUT2D eigenvalue weighted by atomic mass is 10.1. The largest absolute Gasteiger partial charge is 0.299 e. The highest BCUT2D eigenvalue weighted by atomic mass is 32.2. The van der Waals surface area contributed by atoms with Gasteiger partial charge in [0.15, 0.2) is 0 Å².